The number of nitrogens with zero attached hydrogens (tertiary/aromatic N) is 1. The molecule has 0 saturated heterocycles. The van der Waals surface area contributed by atoms with Crippen molar-refractivity contribution in [1.29, 1.82) is 0 Å². The lowest BCUT2D eigenvalue weighted by molar-refractivity contribution is 0.290. The molecule has 1 unspecified atom stereocenters. The van der Waals surface area contributed by atoms with Gasteiger partial charge >= 0.3 is 0 Å². The average Bonchev–Trinajstić information content (AvgIpc) is 2.53. The number of aromatic nitrogens is 1. The lowest BCUT2D eigenvalue weighted by Gasteiger charge is -2.15. The molecule has 22 heavy (non-hydrogen) atoms. The Hall–Kier alpha value is -1.92. The molecule has 0 amide bonds. The first-order valence-electron chi connectivity index (χ1n) is 7.17. The maximum Gasteiger partial charge on any atom is 0.241 e. The Kier molecular flexibility index (Phi) is 5.51. The number of ether oxygens (including phenoxy) is 1. The van der Waals surface area contributed by atoms with Crippen molar-refractivity contribution in [2.45, 2.75) is 37.8 Å². The van der Waals surface area contributed by atoms with Crippen molar-refractivity contribution in [1.82, 2.24) is 9.71 Å². The molecule has 1 aromatic heterocycles. The van der Waals surface area contributed by atoms with E-state index in [0.29, 0.717) is 11.4 Å². The second-order valence-corrected chi connectivity index (χ2v) is 6.68. The van der Waals surface area contributed by atoms with Crippen LogP contribution in [-0.4, -0.2) is 19.4 Å². The minimum atomic E-state index is -3.56. The van der Waals surface area contributed by atoms with E-state index < -0.39 is 10.0 Å². The Labute approximate surface area is 131 Å². The van der Waals surface area contributed by atoms with Gasteiger partial charge in [0.15, 0.2) is 0 Å². The molecule has 0 aliphatic heterocycles. The first-order valence-corrected chi connectivity index (χ1v) is 8.65. The average molecular weight is 320 g/mol. The van der Waals surface area contributed by atoms with Crippen molar-refractivity contribution >= 4 is 10.0 Å². The maximum absolute atomic E-state index is 12.5. The minimum absolute atomic E-state index is 0.116. The lowest BCUT2D eigenvalue weighted by Crippen LogP contribution is -2.32. The predicted octanol–water partition coefficient (Wildman–Crippen LogP) is 2.74. The highest BCUT2D eigenvalue weighted by molar-refractivity contribution is 7.89. The highest BCUT2D eigenvalue weighted by Crippen LogP contribution is 2.18. The summed E-state index contributed by atoms with van der Waals surface area (Å²) in [7, 11) is -3.56. The first kappa shape index (κ1) is 16.5. The van der Waals surface area contributed by atoms with Crippen LogP contribution in [0.15, 0.2) is 53.6 Å². The Morgan fingerprint density at radius 3 is 2.59 bits per heavy atom. The Balaban J connectivity index is 2.19. The first-order chi connectivity index (χ1) is 10.5. The van der Waals surface area contributed by atoms with E-state index >= 15 is 0 Å². The summed E-state index contributed by atoms with van der Waals surface area (Å²) in [4.78, 5) is 4.30. The topological polar surface area (TPSA) is 68.3 Å². The van der Waals surface area contributed by atoms with Gasteiger partial charge in [0, 0.05) is 23.9 Å². The molecule has 1 N–H and O–H groups in total. The summed E-state index contributed by atoms with van der Waals surface area (Å²) in [5, 5.41) is 0. The van der Waals surface area contributed by atoms with Gasteiger partial charge < -0.3 is 4.74 Å². The van der Waals surface area contributed by atoms with Crippen LogP contribution in [0.25, 0.3) is 0 Å². The summed E-state index contributed by atoms with van der Waals surface area (Å²) in [6.07, 6.45) is 2.36. The molecule has 0 radical (unpaired) electrons. The molecule has 118 valence electrons. The molecule has 2 aromatic rings. The van der Waals surface area contributed by atoms with Crippen LogP contribution in [0, 0.1) is 0 Å². The number of hydrogen-bond acceptors (Lipinski definition) is 4. The fourth-order valence-electron chi connectivity index (χ4n) is 1.88. The van der Waals surface area contributed by atoms with E-state index in [4.69, 9.17) is 4.74 Å². The molecule has 0 saturated carbocycles. The summed E-state index contributed by atoms with van der Waals surface area (Å²) < 4.78 is 33.1. The Bertz CT molecular complexity index is 702. The van der Waals surface area contributed by atoms with Gasteiger partial charge in [-0.2, -0.15) is 0 Å². The molecule has 6 heteroatoms. The van der Waals surface area contributed by atoms with Crippen LogP contribution < -0.4 is 9.46 Å². The highest BCUT2D eigenvalue weighted by Gasteiger charge is 2.20. The fourth-order valence-corrected chi connectivity index (χ4v) is 3.43. The van der Waals surface area contributed by atoms with E-state index in [-0.39, 0.29) is 17.5 Å². The molecule has 0 aliphatic rings. The molecule has 0 spiro atoms. The smallest absolute Gasteiger partial charge is 0.241 e. The van der Waals surface area contributed by atoms with E-state index in [1.165, 1.54) is 0 Å². The summed E-state index contributed by atoms with van der Waals surface area (Å²) in [5.74, 6) is 0.463. The van der Waals surface area contributed by atoms with Crippen molar-refractivity contribution < 1.29 is 13.2 Å². The summed E-state index contributed by atoms with van der Waals surface area (Å²) >= 11 is 0. The third kappa shape index (κ3) is 4.29. The van der Waals surface area contributed by atoms with E-state index in [9.17, 15) is 8.42 Å². The largest absolute Gasteiger partial charge is 0.473 e. The van der Waals surface area contributed by atoms with Crippen molar-refractivity contribution in [3.63, 3.8) is 0 Å². The molecule has 1 heterocycles. The van der Waals surface area contributed by atoms with Gasteiger partial charge in [-0.1, -0.05) is 31.2 Å². The number of pyridine rings is 1. The van der Waals surface area contributed by atoms with Gasteiger partial charge in [0.05, 0.1) is 4.90 Å². The lowest BCUT2D eigenvalue weighted by atomic mass is 10.2. The van der Waals surface area contributed by atoms with Crippen LogP contribution in [0.2, 0.25) is 0 Å². The second kappa shape index (κ2) is 7.38. The van der Waals surface area contributed by atoms with E-state index in [1.807, 2.05) is 19.9 Å². The molecule has 5 nitrogen and oxygen atoms in total. The number of hydrogen-bond donors (Lipinski definition) is 1. The third-order valence-electron chi connectivity index (χ3n) is 3.24. The molecular weight excluding hydrogens is 300 g/mol. The summed E-state index contributed by atoms with van der Waals surface area (Å²) in [5.41, 5.74) is 0.601. The molecule has 1 aromatic carbocycles. The van der Waals surface area contributed by atoms with Gasteiger partial charge in [-0.3, -0.25) is 0 Å². The van der Waals surface area contributed by atoms with Crippen molar-refractivity contribution in [3.05, 3.63) is 54.2 Å². The zero-order valence-corrected chi connectivity index (χ0v) is 13.5. The zero-order valence-electron chi connectivity index (χ0n) is 12.7. The van der Waals surface area contributed by atoms with Crippen molar-refractivity contribution in [2.75, 3.05) is 0 Å². The molecule has 0 bridgehead atoms. The minimum Gasteiger partial charge on any atom is -0.473 e. The van der Waals surface area contributed by atoms with Gasteiger partial charge in [-0.25, -0.2) is 18.1 Å². The molecule has 0 aliphatic carbocycles. The van der Waals surface area contributed by atoms with Crippen LogP contribution in [0.1, 0.15) is 25.8 Å². The number of benzene rings is 1. The van der Waals surface area contributed by atoms with Gasteiger partial charge in [0.2, 0.25) is 15.9 Å². The Morgan fingerprint density at radius 2 is 1.91 bits per heavy atom. The summed E-state index contributed by atoms with van der Waals surface area (Å²) in [6.45, 7) is 3.92. The van der Waals surface area contributed by atoms with Gasteiger partial charge in [0.25, 0.3) is 0 Å². The monoisotopic (exact) mass is 320 g/mol. The number of nitrogens with one attached hydrogen (secondary N) is 1. The van der Waals surface area contributed by atoms with Gasteiger partial charge in [0.1, 0.15) is 6.61 Å². The van der Waals surface area contributed by atoms with E-state index in [0.717, 1.165) is 6.42 Å². The number of rotatable bonds is 7. The maximum atomic E-state index is 12.5. The summed E-state index contributed by atoms with van der Waals surface area (Å²) in [6, 6.07) is 12.0. The molecule has 1 atom stereocenters. The van der Waals surface area contributed by atoms with Gasteiger partial charge in [-0.15, -0.1) is 0 Å². The van der Waals surface area contributed by atoms with E-state index in [1.54, 1.807) is 42.6 Å². The van der Waals surface area contributed by atoms with Crippen LogP contribution >= 0.6 is 0 Å². The van der Waals surface area contributed by atoms with Crippen molar-refractivity contribution in [3.8, 4) is 5.88 Å². The normalized spacial score (nSPS) is 12.8. The molecule has 2 rings (SSSR count). The standard InChI is InChI=1S/C16H20N2O3S/c1-3-13(2)18-22(19,20)15-9-5-4-8-14(15)12-21-16-10-6-7-11-17-16/h4-11,13,18H,3,12H2,1-2H3. The predicted molar refractivity (Wildman–Crippen MR) is 85.1 cm³/mol. The molecule has 0 fully saturated rings. The zero-order chi connectivity index (χ0) is 16.0. The fraction of sp³-hybridized carbons (Fsp3) is 0.312. The Morgan fingerprint density at radius 1 is 1.18 bits per heavy atom. The van der Waals surface area contributed by atoms with Crippen LogP contribution in [0.5, 0.6) is 5.88 Å². The molecular formula is C16H20N2O3S. The third-order valence-corrected chi connectivity index (χ3v) is 4.93. The second-order valence-electron chi connectivity index (χ2n) is 4.99. The highest BCUT2D eigenvalue weighted by atomic mass is 32.2. The van der Waals surface area contributed by atoms with Crippen molar-refractivity contribution in [2.24, 2.45) is 0 Å². The van der Waals surface area contributed by atoms with Crippen LogP contribution in [0.4, 0.5) is 0 Å². The number of sulfonamides is 1. The van der Waals surface area contributed by atoms with Gasteiger partial charge in [-0.05, 0) is 25.5 Å². The quantitative estimate of drug-likeness (QED) is 0.852. The van der Waals surface area contributed by atoms with Crippen LogP contribution in [-0.2, 0) is 16.6 Å². The van der Waals surface area contributed by atoms with Crippen LogP contribution in [0.3, 0.4) is 0 Å². The van der Waals surface area contributed by atoms with E-state index in [2.05, 4.69) is 9.71 Å². The SMILES string of the molecule is CCC(C)NS(=O)(=O)c1ccccc1COc1ccccn1.